The Morgan fingerprint density at radius 1 is 1.45 bits per heavy atom. The number of halogens is 1. The number of hydrogen-bond donors (Lipinski definition) is 1. The van der Waals surface area contributed by atoms with Gasteiger partial charge < -0.3 is 10.0 Å². The van der Waals surface area contributed by atoms with Gasteiger partial charge in [-0.25, -0.2) is 9.18 Å². The van der Waals surface area contributed by atoms with Crippen molar-refractivity contribution < 1.29 is 14.3 Å². The highest BCUT2D eigenvalue weighted by atomic mass is 19.1. The second-order valence-electron chi connectivity index (χ2n) is 5.54. The van der Waals surface area contributed by atoms with E-state index in [1.54, 1.807) is 11.0 Å². The summed E-state index contributed by atoms with van der Waals surface area (Å²) in [5.74, 6) is -1.02. The van der Waals surface area contributed by atoms with Gasteiger partial charge in [0.1, 0.15) is 23.5 Å². The third-order valence-corrected chi connectivity index (χ3v) is 4.56. The summed E-state index contributed by atoms with van der Waals surface area (Å²) < 4.78 is 13.7. The first-order chi connectivity index (χ1) is 9.63. The molecule has 0 amide bonds. The van der Waals surface area contributed by atoms with Crippen molar-refractivity contribution in [2.24, 2.45) is 11.8 Å². The zero-order chi connectivity index (χ0) is 14.3. The van der Waals surface area contributed by atoms with Crippen LogP contribution in [0.2, 0.25) is 0 Å². The van der Waals surface area contributed by atoms with Gasteiger partial charge in [-0.2, -0.15) is 5.26 Å². The van der Waals surface area contributed by atoms with Crippen LogP contribution in [0.4, 0.5) is 10.1 Å². The summed E-state index contributed by atoms with van der Waals surface area (Å²) in [6.07, 6.45) is 2.97. The molecule has 1 aromatic rings. The van der Waals surface area contributed by atoms with Gasteiger partial charge in [-0.3, -0.25) is 0 Å². The van der Waals surface area contributed by atoms with Crippen molar-refractivity contribution in [2.75, 3.05) is 11.4 Å². The van der Waals surface area contributed by atoms with E-state index >= 15 is 0 Å². The van der Waals surface area contributed by atoms with E-state index in [-0.39, 0.29) is 11.5 Å². The molecule has 1 saturated heterocycles. The molecule has 1 aliphatic carbocycles. The second kappa shape index (κ2) is 4.78. The van der Waals surface area contributed by atoms with Crippen LogP contribution in [-0.4, -0.2) is 23.7 Å². The number of carboxylic acids is 1. The van der Waals surface area contributed by atoms with Crippen LogP contribution in [-0.2, 0) is 4.79 Å². The summed E-state index contributed by atoms with van der Waals surface area (Å²) in [6, 6.07) is 5.61. The molecule has 3 unspecified atom stereocenters. The van der Waals surface area contributed by atoms with Crippen LogP contribution in [0, 0.1) is 29.0 Å². The lowest BCUT2D eigenvalue weighted by Gasteiger charge is -2.27. The standard InChI is InChI=1S/C15H15FN2O2/c16-12-5-2-6-13(11(12)7-17)18-8-9-3-1-4-10(9)14(18)15(19)20/h2,5-6,9-10,14H,1,3-4,8H2,(H,19,20). The van der Waals surface area contributed by atoms with Gasteiger partial charge in [-0.1, -0.05) is 12.5 Å². The Morgan fingerprint density at radius 3 is 2.95 bits per heavy atom. The van der Waals surface area contributed by atoms with Crippen molar-refractivity contribution in [3.63, 3.8) is 0 Å². The average molecular weight is 274 g/mol. The topological polar surface area (TPSA) is 64.3 Å². The van der Waals surface area contributed by atoms with E-state index < -0.39 is 17.8 Å². The van der Waals surface area contributed by atoms with Gasteiger partial charge >= 0.3 is 5.97 Å². The van der Waals surface area contributed by atoms with Crippen molar-refractivity contribution in [1.82, 2.24) is 0 Å². The van der Waals surface area contributed by atoms with Crippen molar-refractivity contribution >= 4 is 11.7 Å². The lowest BCUT2D eigenvalue weighted by Crippen LogP contribution is -2.40. The first kappa shape index (κ1) is 12.9. The van der Waals surface area contributed by atoms with Crippen LogP contribution < -0.4 is 4.90 Å². The number of rotatable bonds is 2. The maximum Gasteiger partial charge on any atom is 0.326 e. The monoisotopic (exact) mass is 274 g/mol. The third kappa shape index (κ3) is 1.83. The Kier molecular flexibility index (Phi) is 3.09. The van der Waals surface area contributed by atoms with Crippen molar-refractivity contribution in [3.05, 3.63) is 29.6 Å². The normalized spacial score (nSPS) is 28.2. The van der Waals surface area contributed by atoms with Crippen LogP contribution in [0.25, 0.3) is 0 Å². The minimum absolute atomic E-state index is 0.0567. The highest BCUT2D eigenvalue weighted by Crippen LogP contribution is 2.44. The van der Waals surface area contributed by atoms with Crippen LogP contribution in [0.1, 0.15) is 24.8 Å². The predicted octanol–water partition coefficient (Wildman–Crippen LogP) is 2.39. The van der Waals surface area contributed by atoms with E-state index in [9.17, 15) is 14.3 Å². The molecule has 2 aliphatic rings. The number of benzene rings is 1. The van der Waals surface area contributed by atoms with Gasteiger partial charge in [-0.05, 0) is 36.8 Å². The van der Waals surface area contributed by atoms with Gasteiger partial charge in [0.2, 0.25) is 0 Å². The summed E-state index contributed by atoms with van der Waals surface area (Å²) >= 11 is 0. The van der Waals surface area contributed by atoms with Crippen molar-refractivity contribution in [3.8, 4) is 6.07 Å². The van der Waals surface area contributed by atoms with Crippen molar-refractivity contribution in [2.45, 2.75) is 25.3 Å². The molecule has 1 aromatic carbocycles. The SMILES string of the molecule is N#Cc1c(F)cccc1N1CC2CCCC2C1C(=O)O. The van der Waals surface area contributed by atoms with Crippen LogP contribution in [0.5, 0.6) is 0 Å². The molecule has 20 heavy (non-hydrogen) atoms. The molecule has 0 radical (unpaired) electrons. The zero-order valence-corrected chi connectivity index (χ0v) is 10.9. The fourth-order valence-corrected chi connectivity index (χ4v) is 3.73. The molecule has 5 heteroatoms. The summed E-state index contributed by atoms with van der Waals surface area (Å²) in [4.78, 5) is 13.3. The second-order valence-corrected chi connectivity index (χ2v) is 5.54. The molecular weight excluding hydrogens is 259 g/mol. The minimum atomic E-state index is -0.882. The van der Waals surface area contributed by atoms with Gasteiger partial charge in [0.15, 0.2) is 0 Å². The molecule has 1 saturated carbocycles. The molecule has 3 rings (SSSR count). The fourth-order valence-electron chi connectivity index (χ4n) is 3.73. The van der Waals surface area contributed by atoms with Crippen LogP contribution in [0.15, 0.2) is 18.2 Å². The lowest BCUT2D eigenvalue weighted by molar-refractivity contribution is -0.139. The number of hydrogen-bond acceptors (Lipinski definition) is 3. The fraction of sp³-hybridized carbons (Fsp3) is 0.467. The number of nitrogens with zero attached hydrogens (tertiary/aromatic N) is 2. The summed E-state index contributed by atoms with van der Waals surface area (Å²) in [5.41, 5.74) is 0.355. The Hall–Kier alpha value is -2.09. The summed E-state index contributed by atoms with van der Waals surface area (Å²) in [6.45, 7) is 0.597. The molecule has 0 aromatic heterocycles. The van der Waals surface area contributed by atoms with Gasteiger partial charge in [-0.15, -0.1) is 0 Å². The smallest absolute Gasteiger partial charge is 0.326 e. The number of carboxylic acid groups (broad SMARTS) is 1. The molecule has 1 N–H and O–H groups in total. The summed E-state index contributed by atoms with van der Waals surface area (Å²) in [7, 11) is 0. The Balaban J connectivity index is 2.04. The van der Waals surface area contributed by atoms with E-state index in [0.717, 1.165) is 19.3 Å². The van der Waals surface area contributed by atoms with Gasteiger partial charge in [0, 0.05) is 6.54 Å². The maximum atomic E-state index is 13.7. The zero-order valence-electron chi connectivity index (χ0n) is 10.9. The molecule has 1 heterocycles. The van der Waals surface area contributed by atoms with E-state index in [2.05, 4.69) is 0 Å². The molecule has 4 nitrogen and oxygen atoms in total. The first-order valence-corrected chi connectivity index (χ1v) is 6.81. The highest BCUT2D eigenvalue weighted by Gasteiger charge is 2.48. The summed E-state index contributed by atoms with van der Waals surface area (Å²) in [5, 5.41) is 18.6. The number of aliphatic carboxylic acids is 1. The maximum absolute atomic E-state index is 13.7. The minimum Gasteiger partial charge on any atom is -0.480 e. The average Bonchev–Trinajstić information content (AvgIpc) is 2.97. The third-order valence-electron chi connectivity index (χ3n) is 4.56. The molecule has 104 valence electrons. The number of fused-ring (bicyclic) bond motifs is 1. The Bertz CT molecular complexity index is 596. The number of carbonyl (C=O) groups is 1. The quantitative estimate of drug-likeness (QED) is 0.899. The highest BCUT2D eigenvalue weighted by molar-refractivity contribution is 5.81. The lowest BCUT2D eigenvalue weighted by atomic mass is 9.94. The molecule has 1 aliphatic heterocycles. The molecular formula is C15H15FN2O2. The van der Waals surface area contributed by atoms with E-state index in [1.165, 1.54) is 12.1 Å². The first-order valence-electron chi connectivity index (χ1n) is 6.81. The molecule has 0 spiro atoms. The largest absolute Gasteiger partial charge is 0.480 e. The van der Waals surface area contributed by atoms with E-state index in [4.69, 9.17) is 5.26 Å². The molecule has 3 atom stereocenters. The van der Waals surface area contributed by atoms with E-state index in [0.29, 0.717) is 18.2 Å². The van der Waals surface area contributed by atoms with Gasteiger partial charge in [0.25, 0.3) is 0 Å². The van der Waals surface area contributed by atoms with Gasteiger partial charge in [0.05, 0.1) is 5.69 Å². The van der Waals surface area contributed by atoms with Crippen LogP contribution in [0.3, 0.4) is 0 Å². The molecule has 0 bridgehead atoms. The Morgan fingerprint density at radius 2 is 2.25 bits per heavy atom. The van der Waals surface area contributed by atoms with E-state index in [1.807, 2.05) is 6.07 Å². The molecule has 2 fully saturated rings. The predicted molar refractivity (Wildman–Crippen MR) is 70.7 cm³/mol. The number of anilines is 1. The Labute approximate surface area is 116 Å². The van der Waals surface area contributed by atoms with Crippen molar-refractivity contribution in [1.29, 1.82) is 5.26 Å². The number of nitriles is 1. The van der Waals surface area contributed by atoms with Crippen LogP contribution >= 0.6 is 0 Å².